The van der Waals surface area contributed by atoms with Crippen molar-refractivity contribution in [2.75, 3.05) is 19.8 Å². The maximum atomic E-state index is 11.3. The normalized spacial score (nSPS) is 32.2. The standard InChI is InChI=1S/C13H24O9/c1-2-3-9(16)20-6-8-10(17)11(18)12(19)13(22-8)21-7(4-14)5-15/h7-8,10-15,17-19H,2-6H2,1H3/t8-,10-,11+,12-,13-/m1/s1. The quantitative estimate of drug-likeness (QED) is 0.306. The van der Waals surface area contributed by atoms with Crippen LogP contribution in [-0.4, -0.2) is 88.1 Å². The lowest BCUT2D eigenvalue weighted by Crippen LogP contribution is -2.60. The van der Waals surface area contributed by atoms with E-state index in [1.165, 1.54) is 0 Å². The molecular formula is C13H24O9. The van der Waals surface area contributed by atoms with Crippen LogP contribution in [0.4, 0.5) is 0 Å². The summed E-state index contributed by atoms with van der Waals surface area (Å²) in [5.74, 6) is -0.472. The molecule has 130 valence electrons. The predicted molar refractivity (Wildman–Crippen MR) is 71.6 cm³/mol. The van der Waals surface area contributed by atoms with Crippen LogP contribution in [0.5, 0.6) is 0 Å². The smallest absolute Gasteiger partial charge is 0.305 e. The van der Waals surface area contributed by atoms with Gasteiger partial charge in [0, 0.05) is 6.42 Å². The fourth-order valence-corrected chi connectivity index (χ4v) is 1.95. The van der Waals surface area contributed by atoms with Crippen molar-refractivity contribution in [2.24, 2.45) is 0 Å². The molecule has 1 aliphatic rings. The molecule has 0 aromatic rings. The molecule has 0 spiro atoms. The van der Waals surface area contributed by atoms with Crippen LogP contribution >= 0.6 is 0 Å². The van der Waals surface area contributed by atoms with Crippen LogP contribution in [0, 0.1) is 0 Å². The van der Waals surface area contributed by atoms with Gasteiger partial charge in [-0.15, -0.1) is 0 Å². The van der Waals surface area contributed by atoms with Crippen molar-refractivity contribution in [3.05, 3.63) is 0 Å². The monoisotopic (exact) mass is 324 g/mol. The highest BCUT2D eigenvalue weighted by Gasteiger charge is 2.45. The molecular weight excluding hydrogens is 300 g/mol. The van der Waals surface area contributed by atoms with E-state index in [4.69, 9.17) is 24.4 Å². The molecule has 1 heterocycles. The van der Waals surface area contributed by atoms with Crippen molar-refractivity contribution in [3.63, 3.8) is 0 Å². The fourth-order valence-electron chi connectivity index (χ4n) is 1.95. The summed E-state index contributed by atoms with van der Waals surface area (Å²) in [7, 11) is 0. The molecule has 0 aromatic carbocycles. The number of rotatable bonds is 8. The Balaban J connectivity index is 2.63. The summed E-state index contributed by atoms with van der Waals surface area (Å²) in [6.45, 7) is 0.462. The Morgan fingerprint density at radius 1 is 1.14 bits per heavy atom. The van der Waals surface area contributed by atoms with Gasteiger partial charge in [0.2, 0.25) is 0 Å². The van der Waals surface area contributed by atoms with Gasteiger partial charge in [-0.2, -0.15) is 0 Å². The molecule has 22 heavy (non-hydrogen) atoms. The Morgan fingerprint density at radius 2 is 1.77 bits per heavy atom. The molecule has 0 aromatic heterocycles. The van der Waals surface area contributed by atoms with Crippen LogP contribution in [0.3, 0.4) is 0 Å². The highest BCUT2D eigenvalue weighted by atomic mass is 16.7. The third-order valence-corrected chi connectivity index (χ3v) is 3.27. The summed E-state index contributed by atoms with van der Waals surface area (Å²) in [6, 6.07) is 0. The summed E-state index contributed by atoms with van der Waals surface area (Å²) in [5, 5.41) is 47.3. The van der Waals surface area contributed by atoms with E-state index in [-0.39, 0.29) is 13.0 Å². The van der Waals surface area contributed by atoms with Gasteiger partial charge in [-0.1, -0.05) is 6.92 Å². The summed E-state index contributed by atoms with van der Waals surface area (Å²) >= 11 is 0. The second kappa shape index (κ2) is 9.36. The minimum absolute atomic E-state index is 0.213. The Kier molecular flexibility index (Phi) is 8.18. The van der Waals surface area contributed by atoms with Gasteiger partial charge in [-0.25, -0.2) is 0 Å². The minimum atomic E-state index is -1.58. The number of esters is 1. The molecule has 0 unspecified atom stereocenters. The van der Waals surface area contributed by atoms with Crippen LogP contribution in [0.15, 0.2) is 0 Å². The number of carbonyl (C=O) groups is 1. The third-order valence-electron chi connectivity index (χ3n) is 3.27. The van der Waals surface area contributed by atoms with E-state index in [2.05, 4.69) is 0 Å². The Bertz CT molecular complexity index is 333. The Labute approximate surface area is 128 Å². The Hall–Kier alpha value is -0.810. The lowest BCUT2D eigenvalue weighted by Gasteiger charge is -2.40. The van der Waals surface area contributed by atoms with Crippen molar-refractivity contribution >= 4 is 5.97 Å². The van der Waals surface area contributed by atoms with E-state index in [1.807, 2.05) is 0 Å². The third kappa shape index (κ3) is 5.13. The van der Waals surface area contributed by atoms with Crippen molar-refractivity contribution in [1.29, 1.82) is 0 Å². The first-order valence-electron chi connectivity index (χ1n) is 7.17. The summed E-state index contributed by atoms with van der Waals surface area (Å²) in [4.78, 5) is 11.3. The van der Waals surface area contributed by atoms with Crippen molar-refractivity contribution < 1.29 is 44.5 Å². The molecule has 0 aliphatic carbocycles. The molecule has 0 saturated carbocycles. The summed E-state index contributed by atoms with van der Waals surface area (Å²) in [5.41, 5.74) is 0. The van der Waals surface area contributed by atoms with Gasteiger partial charge in [0.1, 0.15) is 37.1 Å². The molecule has 1 rings (SSSR count). The predicted octanol–water partition coefficient (Wildman–Crippen LogP) is -2.49. The van der Waals surface area contributed by atoms with Crippen LogP contribution in [0.2, 0.25) is 0 Å². The lowest BCUT2D eigenvalue weighted by atomic mass is 9.99. The van der Waals surface area contributed by atoms with Gasteiger partial charge in [-0.3, -0.25) is 4.79 Å². The number of aliphatic hydroxyl groups is 5. The van der Waals surface area contributed by atoms with Gasteiger partial charge in [0.25, 0.3) is 0 Å². The average Bonchev–Trinajstić information content (AvgIpc) is 2.51. The van der Waals surface area contributed by atoms with Gasteiger partial charge in [0.15, 0.2) is 6.29 Å². The highest BCUT2D eigenvalue weighted by molar-refractivity contribution is 5.69. The SMILES string of the molecule is CCCC(=O)OC[C@H]1O[C@@H](OC(CO)CO)[C@H](O)[C@@H](O)[C@@H]1O. The van der Waals surface area contributed by atoms with Gasteiger partial charge < -0.3 is 39.7 Å². The maximum absolute atomic E-state index is 11.3. The lowest BCUT2D eigenvalue weighted by molar-refractivity contribution is -0.315. The first-order valence-corrected chi connectivity index (χ1v) is 7.17. The molecule has 5 atom stereocenters. The van der Waals surface area contributed by atoms with E-state index in [0.29, 0.717) is 6.42 Å². The zero-order valence-electron chi connectivity index (χ0n) is 12.4. The van der Waals surface area contributed by atoms with Crippen molar-refractivity contribution in [3.8, 4) is 0 Å². The molecule has 1 saturated heterocycles. The van der Waals surface area contributed by atoms with E-state index in [1.54, 1.807) is 6.92 Å². The van der Waals surface area contributed by atoms with E-state index in [9.17, 15) is 20.1 Å². The van der Waals surface area contributed by atoms with E-state index in [0.717, 1.165) is 0 Å². The van der Waals surface area contributed by atoms with Crippen LogP contribution in [0.25, 0.3) is 0 Å². The second-order valence-electron chi connectivity index (χ2n) is 5.07. The van der Waals surface area contributed by atoms with Gasteiger partial charge in [-0.05, 0) is 6.42 Å². The van der Waals surface area contributed by atoms with E-state index >= 15 is 0 Å². The fraction of sp³-hybridized carbons (Fsp3) is 0.923. The summed E-state index contributed by atoms with van der Waals surface area (Å²) < 4.78 is 15.3. The van der Waals surface area contributed by atoms with Gasteiger partial charge in [0.05, 0.1) is 13.2 Å². The van der Waals surface area contributed by atoms with Crippen LogP contribution in [-0.2, 0) is 19.0 Å². The first kappa shape index (κ1) is 19.2. The average molecular weight is 324 g/mol. The molecule has 0 bridgehead atoms. The second-order valence-corrected chi connectivity index (χ2v) is 5.07. The first-order chi connectivity index (χ1) is 10.4. The molecule has 0 amide bonds. The zero-order valence-corrected chi connectivity index (χ0v) is 12.4. The largest absolute Gasteiger partial charge is 0.463 e. The number of carbonyl (C=O) groups excluding carboxylic acids is 1. The Morgan fingerprint density at radius 3 is 2.32 bits per heavy atom. The topological polar surface area (TPSA) is 146 Å². The molecule has 5 N–H and O–H groups in total. The number of hydrogen-bond acceptors (Lipinski definition) is 9. The molecule has 1 fully saturated rings. The highest BCUT2D eigenvalue weighted by Crippen LogP contribution is 2.23. The maximum Gasteiger partial charge on any atom is 0.305 e. The molecule has 1 aliphatic heterocycles. The van der Waals surface area contributed by atoms with Crippen molar-refractivity contribution in [1.82, 2.24) is 0 Å². The number of hydrogen-bond donors (Lipinski definition) is 5. The van der Waals surface area contributed by atoms with Crippen molar-refractivity contribution in [2.45, 2.75) is 56.6 Å². The van der Waals surface area contributed by atoms with Crippen LogP contribution in [0.1, 0.15) is 19.8 Å². The molecule has 9 heteroatoms. The number of ether oxygens (including phenoxy) is 3. The van der Waals surface area contributed by atoms with Gasteiger partial charge >= 0.3 is 5.97 Å². The molecule has 0 radical (unpaired) electrons. The van der Waals surface area contributed by atoms with Crippen LogP contribution < -0.4 is 0 Å². The zero-order chi connectivity index (χ0) is 16.7. The minimum Gasteiger partial charge on any atom is -0.463 e. The molecule has 9 nitrogen and oxygen atoms in total. The van der Waals surface area contributed by atoms with E-state index < -0.39 is 56.0 Å². The summed E-state index contributed by atoms with van der Waals surface area (Å²) in [6.07, 6.45) is -7.28. The number of aliphatic hydroxyl groups excluding tert-OH is 5.